The fourth-order valence-electron chi connectivity index (χ4n) is 7.67. The third-order valence-corrected chi connectivity index (χ3v) is 12.6. The molecule has 1 amide bonds. The first-order valence-corrected chi connectivity index (χ1v) is 27.1. The fourth-order valence-corrected chi connectivity index (χ4v) is 8.44. The van der Waals surface area contributed by atoms with E-state index < -0.39 is 57.6 Å². The van der Waals surface area contributed by atoms with Crippen LogP contribution in [-0.2, 0) is 32.7 Å². The molecule has 0 fully saturated rings. The lowest BCUT2D eigenvalue weighted by atomic mass is 10.0. The van der Waals surface area contributed by atoms with Gasteiger partial charge in [-0.15, -0.1) is 0 Å². The van der Waals surface area contributed by atoms with E-state index in [4.69, 9.17) is 13.8 Å². The van der Waals surface area contributed by atoms with Gasteiger partial charge in [-0.05, 0) is 12.8 Å². The summed E-state index contributed by atoms with van der Waals surface area (Å²) >= 11 is 0. The molecule has 0 rings (SSSR count). The number of unbranched alkanes of at least 4 members (excludes halogenated alkanes) is 35. The SMILES string of the molecule is CCCCCCCCCCCCCCCCCCCCCCCCCC(=O)NC(COP(=O)(O)OCC(O)COC(=O)CCCCCCCCCCCCCCCC)C(=O)O. The van der Waals surface area contributed by atoms with E-state index in [1.807, 2.05) is 0 Å². The van der Waals surface area contributed by atoms with Crippen LogP contribution in [0.2, 0.25) is 0 Å². The Hall–Kier alpha value is -1.52. The molecule has 0 saturated heterocycles. The van der Waals surface area contributed by atoms with Crippen LogP contribution in [-0.4, -0.2) is 64.9 Å². The van der Waals surface area contributed by atoms with E-state index in [2.05, 4.69) is 19.2 Å². The summed E-state index contributed by atoms with van der Waals surface area (Å²) < 4.78 is 26.9. The van der Waals surface area contributed by atoms with E-state index in [9.17, 15) is 34.1 Å². The monoisotopic (exact) mass is 890 g/mol. The number of aliphatic carboxylic acids is 1. The summed E-state index contributed by atoms with van der Waals surface area (Å²) in [7, 11) is -4.75. The quantitative estimate of drug-likeness (QED) is 0.0262. The minimum atomic E-state index is -4.75. The molecule has 0 saturated carbocycles. The normalized spacial score (nSPS) is 13.5. The molecule has 0 aromatic rings. The summed E-state index contributed by atoms with van der Waals surface area (Å²) in [6.45, 7) is 2.65. The molecule has 4 N–H and O–H groups in total. The van der Waals surface area contributed by atoms with Gasteiger partial charge < -0.3 is 25.2 Å². The van der Waals surface area contributed by atoms with Gasteiger partial charge in [0, 0.05) is 12.8 Å². The van der Waals surface area contributed by atoms with Crippen molar-refractivity contribution in [3.8, 4) is 0 Å². The highest BCUT2D eigenvalue weighted by Crippen LogP contribution is 2.43. The van der Waals surface area contributed by atoms with Crippen LogP contribution in [0, 0.1) is 0 Å². The Labute approximate surface area is 374 Å². The number of nitrogens with one attached hydrogen (secondary N) is 1. The summed E-state index contributed by atoms with van der Waals surface area (Å²) in [4.78, 5) is 46.1. The molecule has 0 radical (unpaired) electrons. The third kappa shape index (κ3) is 44.9. The Morgan fingerprint density at radius 3 is 1.08 bits per heavy atom. The number of aliphatic hydroxyl groups excluding tert-OH is 1. The molecule has 3 unspecified atom stereocenters. The average molecular weight is 890 g/mol. The van der Waals surface area contributed by atoms with Crippen molar-refractivity contribution in [1.82, 2.24) is 5.32 Å². The molecule has 3 atom stereocenters. The van der Waals surface area contributed by atoms with E-state index >= 15 is 0 Å². The molecule has 0 aliphatic rings. The van der Waals surface area contributed by atoms with Gasteiger partial charge >= 0.3 is 19.8 Å². The minimum absolute atomic E-state index is 0.153. The molecule has 11 nitrogen and oxygen atoms in total. The Morgan fingerprint density at radius 2 is 0.754 bits per heavy atom. The predicted octanol–water partition coefficient (Wildman–Crippen LogP) is 13.8. The number of carboxylic acid groups (broad SMARTS) is 1. The number of aliphatic hydroxyl groups is 1. The summed E-state index contributed by atoms with van der Waals surface area (Å²) in [6, 6.07) is -1.54. The first-order valence-electron chi connectivity index (χ1n) is 25.6. The maximum Gasteiger partial charge on any atom is 0.472 e. The van der Waals surface area contributed by atoms with Gasteiger partial charge in [-0.2, -0.15) is 0 Å². The fraction of sp³-hybridized carbons (Fsp3) is 0.939. The molecular weight excluding hydrogens is 794 g/mol. The van der Waals surface area contributed by atoms with Crippen LogP contribution >= 0.6 is 7.82 Å². The van der Waals surface area contributed by atoms with Crippen LogP contribution in [0.15, 0.2) is 0 Å². The zero-order valence-corrected chi connectivity index (χ0v) is 40.4. The van der Waals surface area contributed by atoms with Crippen molar-refractivity contribution in [1.29, 1.82) is 0 Å². The van der Waals surface area contributed by atoms with Crippen molar-refractivity contribution in [3.05, 3.63) is 0 Å². The Bertz CT molecular complexity index is 1050. The lowest BCUT2D eigenvalue weighted by molar-refractivity contribution is -0.147. The number of esters is 1. The summed E-state index contributed by atoms with van der Waals surface area (Å²) in [5.41, 5.74) is 0. The third-order valence-electron chi connectivity index (χ3n) is 11.6. The van der Waals surface area contributed by atoms with Crippen molar-refractivity contribution in [2.45, 2.75) is 276 Å². The molecule has 12 heteroatoms. The zero-order valence-electron chi connectivity index (χ0n) is 39.5. The molecule has 0 aliphatic carbocycles. The number of carbonyl (C=O) groups is 3. The van der Waals surface area contributed by atoms with Gasteiger partial charge in [0.15, 0.2) is 6.04 Å². The number of hydrogen-bond acceptors (Lipinski definition) is 8. The number of carbonyl (C=O) groups excluding carboxylic acids is 2. The highest BCUT2D eigenvalue weighted by atomic mass is 31.2. The highest BCUT2D eigenvalue weighted by molar-refractivity contribution is 7.47. The molecule has 0 heterocycles. The standard InChI is InChI=1S/C49H96NO10P/c1-3-5-7-9-11-13-15-17-19-20-21-22-23-24-25-26-27-28-30-32-34-36-38-40-47(52)50-46(49(54)55)44-60-61(56,57)59-43-45(51)42-58-48(53)41-39-37-35-33-31-29-18-16-14-12-10-8-6-4-2/h45-46,51H,3-44H2,1-2H3,(H,50,52)(H,54,55)(H,56,57). The summed E-state index contributed by atoms with van der Waals surface area (Å²) in [5, 5.41) is 21.9. The van der Waals surface area contributed by atoms with Gasteiger partial charge in [0.25, 0.3) is 0 Å². The zero-order chi connectivity index (χ0) is 44.9. The van der Waals surface area contributed by atoms with Crippen molar-refractivity contribution in [2.75, 3.05) is 19.8 Å². The van der Waals surface area contributed by atoms with Crippen molar-refractivity contribution in [3.63, 3.8) is 0 Å². The van der Waals surface area contributed by atoms with Crippen LogP contribution in [0.5, 0.6) is 0 Å². The molecule has 0 aromatic carbocycles. The predicted molar refractivity (Wildman–Crippen MR) is 250 cm³/mol. The Morgan fingerprint density at radius 1 is 0.459 bits per heavy atom. The largest absolute Gasteiger partial charge is 0.480 e. The van der Waals surface area contributed by atoms with Gasteiger partial charge in [-0.1, -0.05) is 239 Å². The van der Waals surface area contributed by atoms with Gasteiger partial charge in [-0.3, -0.25) is 18.6 Å². The molecule has 61 heavy (non-hydrogen) atoms. The topological polar surface area (TPSA) is 169 Å². The van der Waals surface area contributed by atoms with Crippen LogP contribution in [0.4, 0.5) is 0 Å². The van der Waals surface area contributed by atoms with Crippen molar-refractivity contribution < 1.29 is 47.8 Å². The Balaban J connectivity index is 3.77. The second-order valence-corrected chi connectivity index (χ2v) is 19.2. The highest BCUT2D eigenvalue weighted by Gasteiger charge is 2.28. The first-order chi connectivity index (χ1) is 29.6. The van der Waals surface area contributed by atoms with E-state index in [1.54, 1.807) is 0 Å². The second-order valence-electron chi connectivity index (χ2n) is 17.7. The molecule has 362 valence electrons. The number of ether oxygens (including phenoxy) is 1. The average Bonchev–Trinajstić information content (AvgIpc) is 3.24. The summed E-state index contributed by atoms with van der Waals surface area (Å²) in [6.07, 6.45) is 45.6. The molecule has 0 aliphatic heterocycles. The van der Waals surface area contributed by atoms with Gasteiger partial charge in [-0.25, -0.2) is 9.36 Å². The molecular formula is C49H96NO10P. The van der Waals surface area contributed by atoms with Crippen LogP contribution in [0.25, 0.3) is 0 Å². The maximum absolute atomic E-state index is 12.4. The summed E-state index contributed by atoms with van der Waals surface area (Å²) in [5.74, 6) is -2.35. The molecule has 0 bridgehead atoms. The van der Waals surface area contributed by atoms with E-state index in [1.165, 1.54) is 186 Å². The van der Waals surface area contributed by atoms with Crippen LogP contribution in [0.3, 0.4) is 0 Å². The lowest BCUT2D eigenvalue weighted by Crippen LogP contribution is -2.43. The van der Waals surface area contributed by atoms with E-state index in [-0.39, 0.29) is 12.8 Å². The van der Waals surface area contributed by atoms with E-state index in [0.717, 1.165) is 38.5 Å². The minimum Gasteiger partial charge on any atom is -0.480 e. The lowest BCUT2D eigenvalue weighted by Gasteiger charge is -2.18. The van der Waals surface area contributed by atoms with Gasteiger partial charge in [0.2, 0.25) is 5.91 Å². The smallest absolute Gasteiger partial charge is 0.472 e. The first kappa shape index (κ1) is 59.5. The number of carboxylic acids is 1. The number of phosphoric acid groups is 1. The number of amides is 1. The van der Waals surface area contributed by atoms with Crippen molar-refractivity contribution >= 4 is 25.7 Å². The van der Waals surface area contributed by atoms with Crippen LogP contribution < -0.4 is 5.32 Å². The van der Waals surface area contributed by atoms with Crippen molar-refractivity contribution in [2.24, 2.45) is 0 Å². The number of rotatable bonds is 49. The number of hydrogen-bond donors (Lipinski definition) is 4. The van der Waals surface area contributed by atoms with Crippen LogP contribution in [0.1, 0.15) is 264 Å². The van der Waals surface area contributed by atoms with Gasteiger partial charge in [0.1, 0.15) is 12.7 Å². The molecule has 0 aromatic heterocycles. The number of phosphoric ester groups is 1. The Kier molecular flexibility index (Phi) is 43.9. The molecule has 0 spiro atoms. The van der Waals surface area contributed by atoms with Gasteiger partial charge in [0.05, 0.1) is 13.2 Å². The van der Waals surface area contributed by atoms with E-state index in [0.29, 0.717) is 12.8 Å². The second kappa shape index (κ2) is 45.1. The maximum atomic E-state index is 12.4.